The van der Waals surface area contributed by atoms with E-state index in [4.69, 9.17) is 4.42 Å². The second-order valence-electron chi connectivity index (χ2n) is 7.85. The van der Waals surface area contributed by atoms with Gasteiger partial charge in [-0.05, 0) is 50.5 Å². The molecule has 3 atom stereocenters. The summed E-state index contributed by atoms with van der Waals surface area (Å²) in [6, 6.07) is 10.5. The van der Waals surface area contributed by atoms with Crippen LogP contribution in [0, 0.1) is 12.8 Å². The molecule has 0 N–H and O–H groups in total. The summed E-state index contributed by atoms with van der Waals surface area (Å²) >= 11 is 0. The Morgan fingerprint density at radius 2 is 2.04 bits per heavy atom. The van der Waals surface area contributed by atoms with Crippen LogP contribution in [0.2, 0.25) is 0 Å². The molecule has 2 aromatic heterocycles. The van der Waals surface area contributed by atoms with Gasteiger partial charge >= 0.3 is 0 Å². The first kappa shape index (κ1) is 18.5. The van der Waals surface area contributed by atoms with Crippen molar-refractivity contribution in [3.63, 3.8) is 0 Å². The summed E-state index contributed by atoms with van der Waals surface area (Å²) in [6.45, 7) is 6.08. The van der Waals surface area contributed by atoms with E-state index >= 15 is 0 Å². The molecule has 146 valence electrons. The van der Waals surface area contributed by atoms with Crippen molar-refractivity contribution in [2.45, 2.75) is 45.7 Å². The number of nitrogens with zero attached hydrogens (tertiary/aromatic N) is 3. The molecule has 0 saturated heterocycles. The molecule has 1 aliphatic carbocycles. The van der Waals surface area contributed by atoms with Crippen molar-refractivity contribution in [1.82, 2.24) is 14.5 Å². The standard InChI is InChI=1S/C22H25N3O3/c1-13-11-18(13)20-10-9-16(28-20)12-24(4)21(26)14(2)25-15(3)23-19-8-6-5-7-17(19)22(25)27/h5-10,13-14,18H,11-12H2,1-4H3. The highest BCUT2D eigenvalue weighted by atomic mass is 16.3. The van der Waals surface area contributed by atoms with Crippen LogP contribution in [-0.4, -0.2) is 27.4 Å². The highest BCUT2D eigenvalue weighted by Crippen LogP contribution is 2.47. The summed E-state index contributed by atoms with van der Waals surface area (Å²) in [4.78, 5) is 32.0. The summed E-state index contributed by atoms with van der Waals surface area (Å²) < 4.78 is 7.39. The minimum atomic E-state index is -0.646. The fraction of sp³-hybridized carbons (Fsp3) is 0.409. The molecule has 0 spiro atoms. The van der Waals surface area contributed by atoms with Crippen LogP contribution in [0.25, 0.3) is 10.9 Å². The van der Waals surface area contributed by atoms with E-state index in [1.165, 1.54) is 4.57 Å². The Labute approximate surface area is 163 Å². The van der Waals surface area contributed by atoms with Gasteiger partial charge in [-0.25, -0.2) is 4.98 Å². The molecule has 0 bridgehead atoms. The van der Waals surface area contributed by atoms with E-state index in [0.717, 1.165) is 17.9 Å². The molecule has 3 unspecified atom stereocenters. The number of hydrogen-bond donors (Lipinski definition) is 0. The zero-order valence-corrected chi connectivity index (χ0v) is 16.7. The number of para-hydroxylation sites is 1. The van der Waals surface area contributed by atoms with Gasteiger partial charge in [0.15, 0.2) is 0 Å². The zero-order chi connectivity index (χ0) is 20.0. The molecule has 1 amide bonds. The molecule has 4 rings (SSSR count). The van der Waals surface area contributed by atoms with Crippen LogP contribution >= 0.6 is 0 Å². The third-order valence-electron chi connectivity index (χ3n) is 5.66. The van der Waals surface area contributed by atoms with Gasteiger partial charge in [0, 0.05) is 13.0 Å². The molecule has 6 nitrogen and oxygen atoms in total. The molecule has 0 aliphatic heterocycles. The first-order chi connectivity index (χ1) is 13.4. The number of likely N-dealkylation sites (N-methyl/N-ethyl adjacent to an activating group) is 1. The van der Waals surface area contributed by atoms with E-state index in [9.17, 15) is 9.59 Å². The Bertz CT molecular complexity index is 1100. The molecular weight excluding hydrogens is 354 g/mol. The van der Waals surface area contributed by atoms with Crippen molar-refractivity contribution in [3.8, 4) is 0 Å². The van der Waals surface area contributed by atoms with Crippen LogP contribution in [0.5, 0.6) is 0 Å². The Balaban J connectivity index is 1.55. The summed E-state index contributed by atoms with van der Waals surface area (Å²) in [5.41, 5.74) is 0.451. The van der Waals surface area contributed by atoms with Gasteiger partial charge in [-0.15, -0.1) is 0 Å². The maximum absolute atomic E-state index is 13.0. The number of rotatable bonds is 5. The second kappa shape index (κ2) is 6.93. The first-order valence-electron chi connectivity index (χ1n) is 9.68. The molecule has 1 fully saturated rings. The highest BCUT2D eigenvalue weighted by Gasteiger charge is 2.36. The van der Waals surface area contributed by atoms with Crippen molar-refractivity contribution in [1.29, 1.82) is 0 Å². The maximum atomic E-state index is 13.0. The molecule has 1 saturated carbocycles. The Kier molecular flexibility index (Phi) is 4.57. The van der Waals surface area contributed by atoms with Gasteiger partial charge in [0.1, 0.15) is 23.4 Å². The Hall–Kier alpha value is -2.89. The summed E-state index contributed by atoms with van der Waals surface area (Å²) in [6.07, 6.45) is 1.16. The summed E-state index contributed by atoms with van der Waals surface area (Å²) in [5, 5.41) is 0.518. The number of aryl methyl sites for hydroxylation is 1. The van der Waals surface area contributed by atoms with Crippen molar-refractivity contribution in [2.75, 3.05) is 7.05 Å². The van der Waals surface area contributed by atoms with Crippen LogP contribution in [0.4, 0.5) is 0 Å². The van der Waals surface area contributed by atoms with E-state index in [1.807, 2.05) is 24.3 Å². The highest BCUT2D eigenvalue weighted by molar-refractivity contribution is 5.81. The summed E-state index contributed by atoms with van der Waals surface area (Å²) in [5.74, 6) is 3.33. The summed E-state index contributed by atoms with van der Waals surface area (Å²) in [7, 11) is 1.73. The van der Waals surface area contributed by atoms with Crippen LogP contribution < -0.4 is 5.56 Å². The normalized spacial score (nSPS) is 19.6. The van der Waals surface area contributed by atoms with Gasteiger partial charge in [-0.1, -0.05) is 19.1 Å². The van der Waals surface area contributed by atoms with Gasteiger partial charge in [-0.3, -0.25) is 14.2 Å². The lowest BCUT2D eigenvalue weighted by molar-refractivity contribution is -0.133. The van der Waals surface area contributed by atoms with Gasteiger partial charge in [0.25, 0.3) is 5.56 Å². The number of carbonyl (C=O) groups excluding carboxylic acids is 1. The lowest BCUT2D eigenvalue weighted by atomic mass is 10.2. The van der Waals surface area contributed by atoms with E-state index in [0.29, 0.717) is 35.1 Å². The third-order valence-corrected chi connectivity index (χ3v) is 5.66. The number of benzene rings is 1. The predicted octanol–water partition coefficient (Wildman–Crippen LogP) is 3.64. The molecule has 1 aliphatic rings. The average Bonchev–Trinajstić information content (AvgIpc) is 3.22. The van der Waals surface area contributed by atoms with Gasteiger partial charge in [0.05, 0.1) is 17.4 Å². The van der Waals surface area contributed by atoms with Crippen molar-refractivity contribution < 1.29 is 9.21 Å². The maximum Gasteiger partial charge on any atom is 0.262 e. The number of carbonyl (C=O) groups is 1. The largest absolute Gasteiger partial charge is 0.464 e. The van der Waals surface area contributed by atoms with E-state index in [1.54, 1.807) is 37.9 Å². The molecule has 28 heavy (non-hydrogen) atoms. The van der Waals surface area contributed by atoms with Crippen molar-refractivity contribution >= 4 is 16.8 Å². The van der Waals surface area contributed by atoms with Crippen molar-refractivity contribution in [3.05, 3.63) is 64.1 Å². The third kappa shape index (κ3) is 3.23. The monoisotopic (exact) mass is 379 g/mol. The molecule has 0 radical (unpaired) electrons. The molecular formula is C22H25N3O3. The number of furan rings is 1. The van der Waals surface area contributed by atoms with Crippen molar-refractivity contribution in [2.24, 2.45) is 5.92 Å². The van der Waals surface area contributed by atoms with Crippen LogP contribution in [0.15, 0.2) is 45.6 Å². The number of hydrogen-bond acceptors (Lipinski definition) is 4. The van der Waals surface area contributed by atoms with Crippen LogP contribution in [0.3, 0.4) is 0 Å². The first-order valence-corrected chi connectivity index (χ1v) is 9.68. The number of aromatic nitrogens is 2. The topological polar surface area (TPSA) is 68.3 Å². The quantitative estimate of drug-likeness (QED) is 0.679. The van der Waals surface area contributed by atoms with E-state index in [-0.39, 0.29) is 11.5 Å². The SMILES string of the molecule is Cc1nc2ccccc2c(=O)n1C(C)C(=O)N(C)Cc1ccc(C2CC2C)o1. The zero-order valence-electron chi connectivity index (χ0n) is 16.7. The minimum Gasteiger partial charge on any atom is -0.464 e. The van der Waals surface area contributed by atoms with Crippen LogP contribution in [0.1, 0.15) is 49.6 Å². The molecule has 1 aromatic carbocycles. The van der Waals surface area contributed by atoms with E-state index < -0.39 is 6.04 Å². The Morgan fingerprint density at radius 1 is 1.32 bits per heavy atom. The lowest BCUT2D eigenvalue weighted by Gasteiger charge is -2.23. The smallest absolute Gasteiger partial charge is 0.262 e. The van der Waals surface area contributed by atoms with Crippen LogP contribution in [-0.2, 0) is 11.3 Å². The fourth-order valence-electron chi connectivity index (χ4n) is 3.85. The predicted molar refractivity (Wildman–Crippen MR) is 107 cm³/mol. The molecule has 3 aromatic rings. The second-order valence-corrected chi connectivity index (χ2v) is 7.85. The minimum absolute atomic E-state index is 0.153. The molecule has 6 heteroatoms. The lowest BCUT2D eigenvalue weighted by Crippen LogP contribution is -2.38. The number of amides is 1. The van der Waals surface area contributed by atoms with E-state index in [2.05, 4.69) is 11.9 Å². The Morgan fingerprint density at radius 3 is 2.75 bits per heavy atom. The van der Waals surface area contributed by atoms with Gasteiger partial charge in [-0.2, -0.15) is 0 Å². The van der Waals surface area contributed by atoms with Gasteiger partial charge in [0.2, 0.25) is 5.91 Å². The number of fused-ring (bicyclic) bond motifs is 1. The van der Waals surface area contributed by atoms with Gasteiger partial charge < -0.3 is 9.32 Å². The fourth-order valence-corrected chi connectivity index (χ4v) is 3.85. The average molecular weight is 379 g/mol. The molecule has 2 heterocycles.